The summed E-state index contributed by atoms with van der Waals surface area (Å²) >= 11 is 0. The van der Waals surface area contributed by atoms with Gasteiger partial charge in [0, 0.05) is 5.69 Å². The molecule has 2 aromatic rings. The van der Waals surface area contributed by atoms with Crippen molar-refractivity contribution in [1.82, 2.24) is 0 Å². The summed E-state index contributed by atoms with van der Waals surface area (Å²) in [4.78, 5) is 14.2. The van der Waals surface area contributed by atoms with Gasteiger partial charge in [-0.3, -0.25) is 4.90 Å². The van der Waals surface area contributed by atoms with Crippen LogP contribution in [0, 0.1) is 0 Å². The fourth-order valence-corrected chi connectivity index (χ4v) is 2.29. The molecule has 2 aromatic carbocycles. The van der Waals surface area contributed by atoms with E-state index in [-0.39, 0.29) is 12.1 Å². The van der Waals surface area contributed by atoms with Gasteiger partial charge >= 0.3 is 6.03 Å². The number of carbonyl (C=O) groups excluding carboxylic acids is 1. The normalized spacial score (nSPS) is 17.1. The largest absolute Gasteiger partial charge is 0.487 e. The van der Waals surface area contributed by atoms with Crippen molar-refractivity contribution in [1.29, 1.82) is 0 Å². The maximum atomic E-state index is 12.4. The van der Waals surface area contributed by atoms with E-state index in [9.17, 15) is 4.79 Å². The number of benzene rings is 2. The van der Waals surface area contributed by atoms with Gasteiger partial charge in [0.1, 0.15) is 11.9 Å². The Bertz CT molecular complexity index is 613. The molecular weight excluding hydrogens is 252 g/mol. The quantitative estimate of drug-likeness (QED) is 0.860. The lowest BCUT2D eigenvalue weighted by Crippen LogP contribution is -2.44. The van der Waals surface area contributed by atoms with Crippen LogP contribution < -0.4 is 15.0 Å². The maximum Gasteiger partial charge on any atom is 0.326 e. The van der Waals surface area contributed by atoms with Crippen molar-refractivity contribution in [2.24, 2.45) is 0 Å². The molecule has 0 saturated carbocycles. The number of amides is 2. The highest BCUT2D eigenvalue weighted by Crippen LogP contribution is 2.33. The van der Waals surface area contributed by atoms with Gasteiger partial charge in [-0.1, -0.05) is 30.3 Å². The molecule has 1 aliphatic rings. The predicted molar refractivity (Wildman–Crippen MR) is 79.3 cm³/mol. The number of hydrogen-bond acceptors (Lipinski definition) is 2. The minimum atomic E-state index is -0.140. The van der Waals surface area contributed by atoms with Crippen molar-refractivity contribution in [3.05, 3.63) is 54.6 Å². The molecule has 0 saturated heterocycles. The van der Waals surface area contributed by atoms with Crippen LogP contribution in [0.15, 0.2) is 54.6 Å². The van der Waals surface area contributed by atoms with Crippen LogP contribution in [0.5, 0.6) is 5.75 Å². The fraction of sp³-hybridized carbons (Fsp3) is 0.188. The van der Waals surface area contributed by atoms with E-state index in [1.807, 2.05) is 61.5 Å². The van der Waals surface area contributed by atoms with E-state index in [1.54, 1.807) is 4.90 Å². The average Bonchev–Trinajstić information content (AvgIpc) is 2.47. The zero-order valence-electron chi connectivity index (χ0n) is 11.2. The van der Waals surface area contributed by atoms with Crippen molar-refractivity contribution in [2.45, 2.75) is 13.0 Å². The van der Waals surface area contributed by atoms with E-state index in [4.69, 9.17) is 4.74 Å². The van der Waals surface area contributed by atoms with Gasteiger partial charge in [0.2, 0.25) is 0 Å². The van der Waals surface area contributed by atoms with Gasteiger partial charge in [-0.25, -0.2) is 4.79 Å². The van der Waals surface area contributed by atoms with Crippen LogP contribution >= 0.6 is 0 Å². The third-order valence-electron chi connectivity index (χ3n) is 3.19. The molecule has 4 nitrogen and oxygen atoms in total. The van der Waals surface area contributed by atoms with Crippen molar-refractivity contribution in [3.63, 3.8) is 0 Å². The Labute approximate surface area is 118 Å². The summed E-state index contributed by atoms with van der Waals surface area (Å²) in [6.45, 7) is 2.49. The Kier molecular flexibility index (Phi) is 3.29. The van der Waals surface area contributed by atoms with Crippen LogP contribution in [-0.4, -0.2) is 18.7 Å². The number of para-hydroxylation sites is 3. The topological polar surface area (TPSA) is 41.6 Å². The van der Waals surface area contributed by atoms with Crippen molar-refractivity contribution in [2.75, 3.05) is 16.8 Å². The first kappa shape index (κ1) is 12.5. The molecule has 1 atom stereocenters. The maximum absolute atomic E-state index is 12.4. The van der Waals surface area contributed by atoms with Crippen LogP contribution in [0.1, 0.15) is 6.92 Å². The molecule has 0 spiro atoms. The zero-order valence-corrected chi connectivity index (χ0v) is 11.2. The monoisotopic (exact) mass is 268 g/mol. The zero-order chi connectivity index (χ0) is 13.9. The van der Waals surface area contributed by atoms with Crippen LogP contribution in [0.25, 0.3) is 0 Å². The summed E-state index contributed by atoms with van der Waals surface area (Å²) in [6.07, 6.45) is -0.0218. The Morgan fingerprint density at radius 1 is 1.15 bits per heavy atom. The molecule has 0 radical (unpaired) electrons. The minimum Gasteiger partial charge on any atom is -0.487 e. The highest BCUT2D eigenvalue weighted by atomic mass is 16.5. The van der Waals surface area contributed by atoms with E-state index in [0.29, 0.717) is 6.54 Å². The van der Waals surface area contributed by atoms with E-state index >= 15 is 0 Å². The molecule has 3 rings (SSSR count). The standard InChI is InChI=1S/C16H16N2O2/c1-12-11-18(14-9-5-6-10-15(14)20-12)16(19)17-13-7-3-2-4-8-13/h2-10,12H,11H2,1H3,(H,17,19). The number of ether oxygens (including phenoxy) is 1. The van der Waals surface area contributed by atoms with Gasteiger partial charge in [0.25, 0.3) is 0 Å². The molecule has 1 heterocycles. The molecule has 0 aliphatic carbocycles. The first-order valence-corrected chi connectivity index (χ1v) is 6.63. The molecule has 2 amide bonds. The second-order valence-corrected chi connectivity index (χ2v) is 4.80. The molecule has 20 heavy (non-hydrogen) atoms. The van der Waals surface area contributed by atoms with Crippen molar-refractivity contribution < 1.29 is 9.53 Å². The average molecular weight is 268 g/mol. The molecule has 0 aromatic heterocycles. The van der Waals surface area contributed by atoms with E-state index in [2.05, 4.69) is 5.32 Å². The van der Waals surface area contributed by atoms with Gasteiger partial charge in [-0.05, 0) is 31.2 Å². The van der Waals surface area contributed by atoms with Gasteiger partial charge in [0.15, 0.2) is 0 Å². The number of nitrogens with one attached hydrogen (secondary N) is 1. The second-order valence-electron chi connectivity index (χ2n) is 4.80. The first-order chi connectivity index (χ1) is 9.74. The number of anilines is 2. The summed E-state index contributed by atoms with van der Waals surface area (Å²) < 4.78 is 5.74. The first-order valence-electron chi connectivity index (χ1n) is 6.63. The summed E-state index contributed by atoms with van der Waals surface area (Å²) in [5.41, 5.74) is 1.59. The number of carbonyl (C=O) groups is 1. The Morgan fingerprint density at radius 3 is 2.65 bits per heavy atom. The third kappa shape index (κ3) is 2.45. The molecule has 0 fully saturated rings. The number of urea groups is 1. The van der Waals surface area contributed by atoms with Crippen molar-refractivity contribution in [3.8, 4) is 5.75 Å². The van der Waals surface area contributed by atoms with Gasteiger partial charge in [0.05, 0.1) is 12.2 Å². The molecular formula is C16H16N2O2. The number of fused-ring (bicyclic) bond motifs is 1. The SMILES string of the molecule is CC1CN(C(=O)Nc2ccccc2)c2ccccc2O1. The molecule has 1 aliphatic heterocycles. The summed E-state index contributed by atoms with van der Waals surface area (Å²) in [5, 5.41) is 2.90. The van der Waals surface area contributed by atoms with Gasteiger partial charge in [-0.15, -0.1) is 0 Å². The van der Waals surface area contributed by atoms with Crippen LogP contribution in [0.3, 0.4) is 0 Å². The lowest BCUT2D eigenvalue weighted by Gasteiger charge is -2.33. The molecule has 1 N–H and O–H groups in total. The number of nitrogens with zero attached hydrogens (tertiary/aromatic N) is 1. The lowest BCUT2D eigenvalue weighted by atomic mass is 10.2. The van der Waals surface area contributed by atoms with Gasteiger partial charge < -0.3 is 10.1 Å². The minimum absolute atomic E-state index is 0.0218. The van der Waals surface area contributed by atoms with E-state index in [1.165, 1.54) is 0 Å². The smallest absolute Gasteiger partial charge is 0.326 e. The molecule has 1 unspecified atom stereocenters. The Hall–Kier alpha value is -2.49. The summed E-state index contributed by atoms with van der Waals surface area (Å²) in [5.74, 6) is 0.745. The summed E-state index contributed by atoms with van der Waals surface area (Å²) in [6, 6.07) is 16.9. The fourth-order valence-electron chi connectivity index (χ4n) is 2.29. The van der Waals surface area contributed by atoms with Crippen LogP contribution in [-0.2, 0) is 0 Å². The highest BCUT2D eigenvalue weighted by molar-refractivity contribution is 6.03. The highest BCUT2D eigenvalue weighted by Gasteiger charge is 2.27. The summed E-state index contributed by atoms with van der Waals surface area (Å²) in [7, 11) is 0. The van der Waals surface area contributed by atoms with Crippen LogP contribution in [0.2, 0.25) is 0 Å². The third-order valence-corrected chi connectivity index (χ3v) is 3.19. The van der Waals surface area contributed by atoms with E-state index < -0.39 is 0 Å². The lowest BCUT2D eigenvalue weighted by molar-refractivity contribution is 0.208. The Morgan fingerprint density at radius 2 is 1.85 bits per heavy atom. The predicted octanol–water partition coefficient (Wildman–Crippen LogP) is 3.51. The van der Waals surface area contributed by atoms with Gasteiger partial charge in [-0.2, -0.15) is 0 Å². The number of rotatable bonds is 1. The van der Waals surface area contributed by atoms with Crippen LogP contribution in [0.4, 0.5) is 16.2 Å². The molecule has 102 valence electrons. The van der Waals surface area contributed by atoms with Crippen molar-refractivity contribution >= 4 is 17.4 Å². The Balaban J connectivity index is 1.85. The van der Waals surface area contributed by atoms with E-state index in [0.717, 1.165) is 17.1 Å². The number of hydrogen-bond donors (Lipinski definition) is 1. The molecule has 4 heteroatoms. The molecule has 0 bridgehead atoms. The second kappa shape index (κ2) is 5.25.